The average Bonchev–Trinajstić information content (AvgIpc) is 2.76. The van der Waals surface area contributed by atoms with E-state index in [1.807, 2.05) is 0 Å². The highest BCUT2D eigenvalue weighted by atomic mass is 35.5. The Morgan fingerprint density at radius 3 is 2.78 bits per heavy atom. The van der Waals surface area contributed by atoms with Crippen LogP contribution in [0.2, 0.25) is 5.02 Å². The van der Waals surface area contributed by atoms with Crippen LogP contribution in [-0.2, 0) is 14.3 Å². The zero-order valence-corrected chi connectivity index (χ0v) is 19.5. The largest absolute Gasteiger partial charge is 0.482 e. The van der Waals surface area contributed by atoms with Crippen molar-refractivity contribution >= 4 is 29.5 Å². The number of morpholine rings is 1. The number of halogens is 2. The molecular weight excluding hydrogens is 431 g/mol. The highest BCUT2D eigenvalue weighted by molar-refractivity contribution is 6.32. The maximum Gasteiger partial charge on any atom is 0.289 e. The van der Waals surface area contributed by atoms with E-state index < -0.39 is 5.82 Å². The summed E-state index contributed by atoms with van der Waals surface area (Å²) in [7, 11) is 0. The molecule has 2 aliphatic carbocycles. The first-order valence-electron chi connectivity index (χ1n) is 11.8. The van der Waals surface area contributed by atoms with Gasteiger partial charge in [-0.3, -0.25) is 9.59 Å². The molecule has 1 N–H and O–H groups in total. The number of carbonyl (C=O) groups is 2. The summed E-state index contributed by atoms with van der Waals surface area (Å²) >= 11 is 6.16. The number of benzene rings is 1. The standard InChI is InChI=1S/C25H32ClFN2O3/c1-15-7-5-10-20(16(15)2)28-24(30)14-29-21-11-3-4-12-22(21)32-23(25(29)31)13-17-18(26)8-6-9-19(17)27/h6,8-9,13,15-16,20-22H,3-5,7,10-12,14H2,1-2H3,(H,28,30)/b23-13-. The Morgan fingerprint density at radius 1 is 1.22 bits per heavy atom. The highest BCUT2D eigenvalue weighted by Crippen LogP contribution is 2.34. The minimum atomic E-state index is -0.517. The van der Waals surface area contributed by atoms with E-state index in [9.17, 15) is 14.0 Å². The normalized spacial score (nSPS) is 31.8. The fourth-order valence-electron chi connectivity index (χ4n) is 5.33. The minimum absolute atomic E-state index is 0.0106. The van der Waals surface area contributed by atoms with Crippen molar-refractivity contribution in [3.05, 3.63) is 40.4 Å². The van der Waals surface area contributed by atoms with Crippen LogP contribution >= 0.6 is 11.6 Å². The molecule has 0 spiro atoms. The van der Waals surface area contributed by atoms with Crippen LogP contribution in [0.3, 0.4) is 0 Å². The molecule has 0 bridgehead atoms. The zero-order valence-electron chi connectivity index (χ0n) is 18.8. The van der Waals surface area contributed by atoms with Gasteiger partial charge >= 0.3 is 0 Å². The number of nitrogens with zero attached hydrogens (tertiary/aromatic N) is 1. The van der Waals surface area contributed by atoms with E-state index in [0.717, 1.165) is 38.5 Å². The summed E-state index contributed by atoms with van der Waals surface area (Å²) in [5.41, 5.74) is 0.126. The van der Waals surface area contributed by atoms with Gasteiger partial charge in [0.15, 0.2) is 5.76 Å². The first kappa shape index (κ1) is 23.1. The van der Waals surface area contributed by atoms with Crippen LogP contribution < -0.4 is 5.32 Å². The highest BCUT2D eigenvalue weighted by Gasteiger charge is 2.42. The zero-order chi connectivity index (χ0) is 22.8. The second-order valence-electron chi connectivity index (χ2n) is 9.53. The Hall–Kier alpha value is -2.08. The monoisotopic (exact) mass is 462 g/mol. The molecule has 1 aromatic rings. The van der Waals surface area contributed by atoms with Gasteiger partial charge in [-0.1, -0.05) is 50.8 Å². The quantitative estimate of drug-likeness (QED) is 0.645. The molecule has 0 aromatic heterocycles. The van der Waals surface area contributed by atoms with Gasteiger partial charge in [-0.05, 0) is 55.7 Å². The third-order valence-electron chi connectivity index (χ3n) is 7.46. The van der Waals surface area contributed by atoms with Gasteiger partial charge in [0.1, 0.15) is 18.5 Å². The second-order valence-corrected chi connectivity index (χ2v) is 9.93. The van der Waals surface area contributed by atoms with Gasteiger partial charge in [0.05, 0.1) is 11.1 Å². The van der Waals surface area contributed by atoms with Crippen molar-refractivity contribution in [3.63, 3.8) is 0 Å². The maximum absolute atomic E-state index is 14.3. The van der Waals surface area contributed by atoms with Gasteiger partial charge in [0.25, 0.3) is 5.91 Å². The summed E-state index contributed by atoms with van der Waals surface area (Å²) in [4.78, 5) is 27.9. The number of carbonyl (C=O) groups excluding carboxylic acids is 2. The molecule has 1 aromatic carbocycles. The Balaban J connectivity index is 1.54. The van der Waals surface area contributed by atoms with Gasteiger partial charge in [-0.15, -0.1) is 0 Å². The molecule has 1 saturated heterocycles. The number of ether oxygens (including phenoxy) is 1. The van der Waals surface area contributed by atoms with Gasteiger partial charge in [0.2, 0.25) is 5.91 Å². The van der Waals surface area contributed by atoms with Crippen molar-refractivity contribution in [2.75, 3.05) is 6.54 Å². The topological polar surface area (TPSA) is 58.6 Å². The third kappa shape index (κ3) is 4.80. The molecule has 7 heteroatoms. The Bertz CT molecular complexity index is 885. The first-order valence-corrected chi connectivity index (χ1v) is 12.2. The average molecular weight is 463 g/mol. The van der Waals surface area contributed by atoms with Crippen molar-refractivity contribution in [2.24, 2.45) is 11.8 Å². The summed E-state index contributed by atoms with van der Waals surface area (Å²) in [6.07, 6.45) is 8.04. The molecule has 5 unspecified atom stereocenters. The van der Waals surface area contributed by atoms with Crippen LogP contribution in [0.4, 0.5) is 4.39 Å². The number of hydrogen-bond donors (Lipinski definition) is 1. The fraction of sp³-hybridized carbons (Fsp3) is 0.600. The van der Waals surface area contributed by atoms with Crippen LogP contribution in [-0.4, -0.2) is 41.4 Å². The van der Waals surface area contributed by atoms with Crippen molar-refractivity contribution < 1.29 is 18.7 Å². The molecule has 5 nitrogen and oxygen atoms in total. The molecule has 3 fully saturated rings. The maximum atomic E-state index is 14.3. The summed E-state index contributed by atoms with van der Waals surface area (Å²) < 4.78 is 20.4. The van der Waals surface area contributed by atoms with Crippen LogP contribution in [0, 0.1) is 17.7 Å². The van der Waals surface area contributed by atoms with Crippen molar-refractivity contribution in [1.82, 2.24) is 10.2 Å². The number of fused-ring (bicyclic) bond motifs is 1. The van der Waals surface area contributed by atoms with Crippen LogP contribution in [0.5, 0.6) is 0 Å². The van der Waals surface area contributed by atoms with E-state index in [1.165, 1.54) is 24.6 Å². The second kappa shape index (κ2) is 9.82. The molecule has 3 aliphatic rings. The Morgan fingerprint density at radius 2 is 2.00 bits per heavy atom. The molecule has 1 heterocycles. The van der Waals surface area contributed by atoms with E-state index >= 15 is 0 Å². The summed E-state index contributed by atoms with van der Waals surface area (Å²) in [6.45, 7) is 4.40. The Kier molecular flexibility index (Phi) is 7.08. The van der Waals surface area contributed by atoms with E-state index in [4.69, 9.17) is 16.3 Å². The molecule has 32 heavy (non-hydrogen) atoms. The van der Waals surface area contributed by atoms with Crippen molar-refractivity contribution in [3.8, 4) is 0 Å². The molecule has 2 amide bonds. The first-order chi connectivity index (χ1) is 15.3. The van der Waals surface area contributed by atoms with Crippen LogP contribution in [0.1, 0.15) is 64.4 Å². The van der Waals surface area contributed by atoms with Gasteiger partial charge in [0, 0.05) is 11.6 Å². The smallest absolute Gasteiger partial charge is 0.289 e. The predicted molar refractivity (Wildman–Crippen MR) is 122 cm³/mol. The van der Waals surface area contributed by atoms with Gasteiger partial charge in [-0.2, -0.15) is 0 Å². The van der Waals surface area contributed by atoms with Crippen molar-refractivity contribution in [1.29, 1.82) is 0 Å². The van der Waals surface area contributed by atoms with E-state index in [-0.39, 0.29) is 52.9 Å². The third-order valence-corrected chi connectivity index (χ3v) is 7.79. The lowest BCUT2D eigenvalue weighted by atomic mass is 9.78. The number of hydrogen-bond acceptors (Lipinski definition) is 3. The molecular formula is C25H32ClFN2O3. The van der Waals surface area contributed by atoms with Crippen LogP contribution in [0.15, 0.2) is 24.0 Å². The predicted octanol–water partition coefficient (Wildman–Crippen LogP) is 4.93. The number of rotatable bonds is 4. The fourth-order valence-corrected chi connectivity index (χ4v) is 5.55. The summed E-state index contributed by atoms with van der Waals surface area (Å²) in [5.74, 6) is -0.00743. The molecule has 174 valence electrons. The molecule has 4 rings (SSSR count). The lowest BCUT2D eigenvalue weighted by molar-refractivity contribution is -0.152. The molecule has 1 aliphatic heterocycles. The van der Waals surface area contributed by atoms with E-state index in [1.54, 1.807) is 11.0 Å². The summed E-state index contributed by atoms with van der Waals surface area (Å²) in [5, 5.41) is 3.38. The SMILES string of the molecule is CC1CCCC(NC(=O)CN2C(=O)/C(=C/c3c(F)cccc3Cl)OC3CCCCC32)C1C. The Labute approximate surface area is 194 Å². The molecule has 0 radical (unpaired) electrons. The van der Waals surface area contributed by atoms with E-state index in [0.29, 0.717) is 11.8 Å². The van der Waals surface area contributed by atoms with Crippen molar-refractivity contribution in [2.45, 2.75) is 77.0 Å². The van der Waals surface area contributed by atoms with E-state index in [2.05, 4.69) is 19.2 Å². The number of nitrogens with one attached hydrogen (secondary N) is 1. The summed E-state index contributed by atoms with van der Waals surface area (Å²) in [6, 6.07) is 4.39. The van der Waals surface area contributed by atoms with Gasteiger partial charge < -0.3 is 15.0 Å². The molecule has 2 saturated carbocycles. The number of amides is 2. The van der Waals surface area contributed by atoms with Gasteiger partial charge in [-0.25, -0.2) is 4.39 Å². The lowest BCUT2D eigenvalue weighted by Crippen LogP contribution is -2.58. The minimum Gasteiger partial charge on any atom is -0.482 e. The van der Waals surface area contributed by atoms with Crippen LogP contribution in [0.25, 0.3) is 6.08 Å². The molecule has 5 atom stereocenters. The lowest BCUT2D eigenvalue weighted by Gasteiger charge is -2.44.